The lowest BCUT2D eigenvalue weighted by atomic mass is 10.4. The van der Waals surface area contributed by atoms with E-state index in [1.165, 1.54) is 12.8 Å². The van der Waals surface area contributed by atoms with Crippen LogP contribution in [0, 0.1) is 18.3 Å². The summed E-state index contributed by atoms with van der Waals surface area (Å²) in [4.78, 5) is 0. The summed E-state index contributed by atoms with van der Waals surface area (Å²) < 4.78 is 1.94. The van der Waals surface area contributed by atoms with Crippen molar-refractivity contribution in [2.75, 3.05) is 0 Å². The normalized spacial score (nSPS) is 16.3. The minimum Gasteiger partial charge on any atom is -0.271 e. The van der Waals surface area contributed by atoms with Crippen LogP contribution in [0.2, 0.25) is 0 Å². The van der Waals surface area contributed by atoms with Gasteiger partial charge in [-0.25, -0.2) is 0 Å². The van der Waals surface area contributed by atoms with E-state index in [1.807, 2.05) is 10.9 Å². The first kappa shape index (κ1) is 6.48. The molecule has 0 atom stereocenters. The summed E-state index contributed by atoms with van der Waals surface area (Å²) in [5, 5.41) is 4.14. The Morgan fingerprint density at radius 2 is 2.55 bits per heavy atom. The van der Waals surface area contributed by atoms with Crippen molar-refractivity contribution in [1.29, 1.82) is 0 Å². The van der Waals surface area contributed by atoms with Crippen LogP contribution in [0.15, 0.2) is 12.4 Å². The van der Waals surface area contributed by atoms with Gasteiger partial charge in [-0.15, -0.1) is 6.42 Å². The van der Waals surface area contributed by atoms with Crippen molar-refractivity contribution in [3.05, 3.63) is 18.0 Å². The minimum absolute atomic E-state index is 0.862. The summed E-state index contributed by atoms with van der Waals surface area (Å²) in [6, 6.07) is 0. The monoisotopic (exact) mass is 146 g/mol. The van der Waals surface area contributed by atoms with Crippen molar-refractivity contribution in [1.82, 2.24) is 9.78 Å². The van der Waals surface area contributed by atoms with Crippen LogP contribution in [0.4, 0.5) is 0 Å². The zero-order valence-corrected chi connectivity index (χ0v) is 6.33. The second-order valence-corrected chi connectivity index (χ2v) is 3.04. The molecule has 0 bridgehead atoms. The van der Waals surface area contributed by atoms with E-state index in [1.54, 1.807) is 6.20 Å². The summed E-state index contributed by atoms with van der Waals surface area (Å²) in [7, 11) is 0. The highest BCUT2D eigenvalue weighted by atomic mass is 15.3. The van der Waals surface area contributed by atoms with Crippen molar-refractivity contribution in [3.63, 3.8) is 0 Å². The minimum atomic E-state index is 0.862. The molecule has 0 N–H and O–H groups in total. The fourth-order valence-electron chi connectivity index (χ4n) is 1.10. The molecule has 1 aliphatic carbocycles. The Hall–Kier alpha value is -1.23. The molecular weight excluding hydrogens is 136 g/mol. The van der Waals surface area contributed by atoms with Gasteiger partial charge in [-0.3, -0.25) is 4.68 Å². The molecule has 0 saturated heterocycles. The molecule has 56 valence electrons. The maximum absolute atomic E-state index is 5.21. The van der Waals surface area contributed by atoms with Crippen LogP contribution < -0.4 is 0 Å². The predicted octanol–water partition coefficient (Wildman–Crippen LogP) is 1.27. The van der Waals surface area contributed by atoms with Crippen LogP contribution >= 0.6 is 0 Å². The average Bonchev–Trinajstić information content (AvgIpc) is 2.68. The van der Waals surface area contributed by atoms with Gasteiger partial charge in [0, 0.05) is 12.7 Å². The molecule has 1 heterocycles. The van der Waals surface area contributed by atoms with E-state index < -0.39 is 0 Å². The van der Waals surface area contributed by atoms with E-state index in [0.29, 0.717) is 0 Å². The van der Waals surface area contributed by atoms with Crippen LogP contribution in [0.5, 0.6) is 0 Å². The summed E-state index contributed by atoms with van der Waals surface area (Å²) in [6.45, 7) is 1.04. The van der Waals surface area contributed by atoms with Gasteiger partial charge in [0.15, 0.2) is 0 Å². The summed E-state index contributed by atoms with van der Waals surface area (Å²) >= 11 is 0. The number of aromatic nitrogens is 2. The summed E-state index contributed by atoms with van der Waals surface area (Å²) in [5.74, 6) is 3.42. The quantitative estimate of drug-likeness (QED) is 0.574. The summed E-state index contributed by atoms with van der Waals surface area (Å²) in [6.07, 6.45) is 11.6. The van der Waals surface area contributed by atoms with Crippen LogP contribution in [0.3, 0.4) is 0 Å². The molecule has 1 saturated carbocycles. The number of nitrogens with zero attached hydrogens (tertiary/aromatic N) is 2. The summed E-state index contributed by atoms with van der Waals surface area (Å²) in [5.41, 5.74) is 0.880. The van der Waals surface area contributed by atoms with Crippen molar-refractivity contribution in [3.8, 4) is 12.3 Å². The first-order valence-corrected chi connectivity index (χ1v) is 3.87. The number of hydrogen-bond acceptors (Lipinski definition) is 1. The molecule has 0 unspecified atom stereocenters. The van der Waals surface area contributed by atoms with E-state index in [2.05, 4.69) is 11.0 Å². The topological polar surface area (TPSA) is 17.8 Å². The molecule has 1 fully saturated rings. The first-order chi connectivity index (χ1) is 5.38. The maximum Gasteiger partial charge on any atom is 0.0646 e. The third-order valence-corrected chi connectivity index (χ3v) is 1.94. The van der Waals surface area contributed by atoms with E-state index in [0.717, 1.165) is 18.0 Å². The van der Waals surface area contributed by atoms with Gasteiger partial charge < -0.3 is 0 Å². The molecule has 11 heavy (non-hydrogen) atoms. The molecule has 0 amide bonds. The van der Waals surface area contributed by atoms with Crippen LogP contribution in [-0.2, 0) is 6.54 Å². The Balaban J connectivity index is 2.07. The third kappa shape index (κ3) is 1.43. The Morgan fingerprint density at radius 1 is 1.73 bits per heavy atom. The highest BCUT2D eigenvalue weighted by Gasteiger charge is 2.21. The average molecular weight is 146 g/mol. The van der Waals surface area contributed by atoms with Gasteiger partial charge in [0.25, 0.3) is 0 Å². The van der Waals surface area contributed by atoms with Crippen molar-refractivity contribution >= 4 is 0 Å². The van der Waals surface area contributed by atoms with Gasteiger partial charge in [-0.05, 0) is 18.8 Å². The molecular formula is C9H10N2. The lowest BCUT2D eigenvalue weighted by molar-refractivity contribution is 0.563. The second kappa shape index (κ2) is 2.43. The second-order valence-electron chi connectivity index (χ2n) is 3.04. The molecule has 1 aliphatic rings. The fraction of sp³-hybridized carbons (Fsp3) is 0.444. The van der Waals surface area contributed by atoms with Gasteiger partial charge >= 0.3 is 0 Å². The molecule has 2 heteroatoms. The highest BCUT2D eigenvalue weighted by Crippen LogP contribution is 2.30. The van der Waals surface area contributed by atoms with E-state index in [-0.39, 0.29) is 0 Å². The molecule has 0 aromatic carbocycles. The standard InChI is InChI=1S/C9H10N2/c1-2-8-5-10-11(6-8)7-9-3-4-9/h1,5-6,9H,3-4,7H2. The maximum atomic E-state index is 5.21. The highest BCUT2D eigenvalue weighted by molar-refractivity contribution is 5.26. The molecule has 1 aromatic heterocycles. The smallest absolute Gasteiger partial charge is 0.0646 e. The number of terminal acetylenes is 1. The van der Waals surface area contributed by atoms with Crippen molar-refractivity contribution in [2.45, 2.75) is 19.4 Å². The lowest BCUT2D eigenvalue weighted by Gasteiger charge is -1.95. The van der Waals surface area contributed by atoms with Gasteiger partial charge in [0.2, 0.25) is 0 Å². The Labute approximate surface area is 66.2 Å². The van der Waals surface area contributed by atoms with E-state index in [9.17, 15) is 0 Å². The molecule has 2 nitrogen and oxygen atoms in total. The molecule has 2 rings (SSSR count). The van der Waals surface area contributed by atoms with Crippen molar-refractivity contribution in [2.24, 2.45) is 5.92 Å². The zero-order chi connectivity index (χ0) is 7.68. The van der Waals surface area contributed by atoms with Crippen LogP contribution in [0.25, 0.3) is 0 Å². The largest absolute Gasteiger partial charge is 0.271 e. The molecule has 0 spiro atoms. The lowest BCUT2D eigenvalue weighted by Crippen LogP contribution is -1.98. The number of hydrogen-bond donors (Lipinski definition) is 0. The molecule has 0 radical (unpaired) electrons. The zero-order valence-electron chi connectivity index (χ0n) is 6.33. The number of rotatable bonds is 2. The SMILES string of the molecule is C#Cc1cnn(CC2CC2)c1. The first-order valence-electron chi connectivity index (χ1n) is 3.87. The predicted molar refractivity (Wildman–Crippen MR) is 42.9 cm³/mol. The van der Waals surface area contributed by atoms with Gasteiger partial charge in [-0.1, -0.05) is 5.92 Å². The van der Waals surface area contributed by atoms with Gasteiger partial charge in [0.05, 0.1) is 11.8 Å². The third-order valence-electron chi connectivity index (χ3n) is 1.94. The van der Waals surface area contributed by atoms with Crippen molar-refractivity contribution < 1.29 is 0 Å². The Morgan fingerprint density at radius 3 is 3.09 bits per heavy atom. The van der Waals surface area contributed by atoms with Gasteiger partial charge in [0.1, 0.15) is 0 Å². The van der Waals surface area contributed by atoms with E-state index in [4.69, 9.17) is 6.42 Å². The Bertz CT molecular complexity index is 289. The molecule has 1 aromatic rings. The fourth-order valence-corrected chi connectivity index (χ4v) is 1.10. The van der Waals surface area contributed by atoms with Crippen LogP contribution in [0.1, 0.15) is 18.4 Å². The Kier molecular flexibility index (Phi) is 1.43. The molecule has 0 aliphatic heterocycles. The van der Waals surface area contributed by atoms with Gasteiger partial charge in [-0.2, -0.15) is 5.10 Å². The van der Waals surface area contributed by atoms with Crippen LogP contribution in [-0.4, -0.2) is 9.78 Å². The van der Waals surface area contributed by atoms with E-state index >= 15 is 0 Å².